The van der Waals surface area contributed by atoms with Gasteiger partial charge in [0.05, 0.1) is 17.9 Å². The molecule has 1 aliphatic rings. The van der Waals surface area contributed by atoms with Crippen LogP contribution in [0.15, 0.2) is 41.6 Å². The van der Waals surface area contributed by atoms with Crippen molar-refractivity contribution in [2.24, 2.45) is 7.05 Å². The highest BCUT2D eigenvalue weighted by atomic mass is 32.2. The number of aromatic nitrogens is 2. The van der Waals surface area contributed by atoms with Crippen molar-refractivity contribution >= 4 is 17.4 Å². The fourth-order valence-electron chi connectivity index (χ4n) is 2.37. The van der Waals surface area contributed by atoms with Crippen molar-refractivity contribution in [2.45, 2.75) is 23.8 Å². The van der Waals surface area contributed by atoms with Crippen LogP contribution in [0.4, 0.5) is 5.69 Å². The molecule has 1 aromatic heterocycles. The Morgan fingerprint density at radius 1 is 1.39 bits per heavy atom. The van der Waals surface area contributed by atoms with Gasteiger partial charge in [0, 0.05) is 18.1 Å². The number of aryl methyl sites for hydroxylation is 1. The Labute approximate surface area is 112 Å². The maximum atomic E-state index is 4.21. The minimum absolute atomic E-state index is 0.403. The number of anilines is 1. The topological polar surface area (TPSA) is 29.9 Å². The number of hydrogen-bond donors (Lipinski definition) is 1. The number of nitrogens with one attached hydrogen (secondary N) is 1. The van der Waals surface area contributed by atoms with Crippen molar-refractivity contribution in [1.29, 1.82) is 0 Å². The molecule has 4 heteroatoms. The normalized spacial score (nSPS) is 19.1. The van der Waals surface area contributed by atoms with E-state index < -0.39 is 0 Å². The van der Waals surface area contributed by atoms with Gasteiger partial charge in [-0.25, -0.2) is 0 Å². The van der Waals surface area contributed by atoms with E-state index in [9.17, 15) is 0 Å². The van der Waals surface area contributed by atoms with Crippen molar-refractivity contribution in [3.05, 3.63) is 42.2 Å². The van der Waals surface area contributed by atoms with E-state index in [0.29, 0.717) is 6.04 Å². The lowest BCUT2D eigenvalue weighted by Gasteiger charge is -2.18. The van der Waals surface area contributed by atoms with Crippen LogP contribution in [0.1, 0.15) is 24.4 Å². The smallest absolute Gasteiger partial charge is 0.0731 e. The zero-order chi connectivity index (χ0) is 12.4. The van der Waals surface area contributed by atoms with Crippen LogP contribution < -0.4 is 5.32 Å². The van der Waals surface area contributed by atoms with Gasteiger partial charge in [-0.3, -0.25) is 4.68 Å². The molecule has 0 radical (unpaired) electrons. The van der Waals surface area contributed by atoms with Crippen LogP contribution in [0, 0.1) is 0 Å². The molecule has 0 saturated carbocycles. The summed E-state index contributed by atoms with van der Waals surface area (Å²) in [5.74, 6) is 1.21. The minimum atomic E-state index is 0.403. The van der Waals surface area contributed by atoms with E-state index in [1.165, 1.54) is 29.1 Å². The molecule has 0 unspecified atom stereocenters. The second-order valence-electron chi connectivity index (χ2n) is 4.63. The van der Waals surface area contributed by atoms with Crippen molar-refractivity contribution in [3.63, 3.8) is 0 Å². The number of nitrogens with zero attached hydrogens (tertiary/aromatic N) is 2. The molecule has 18 heavy (non-hydrogen) atoms. The second kappa shape index (κ2) is 5.06. The number of rotatable bonds is 2. The fraction of sp³-hybridized carbons (Fsp3) is 0.357. The summed E-state index contributed by atoms with van der Waals surface area (Å²) >= 11 is 1.97. The summed E-state index contributed by atoms with van der Waals surface area (Å²) in [4.78, 5) is 1.41. The minimum Gasteiger partial charge on any atom is -0.376 e. The Balaban J connectivity index is 1.87. The molecule has 0 spiro atoms. The van der Waals surface area contributed by atoms with Crippen LogP contribution in [0.3, 0.4) is 0 Å². The first-order chi connectivity index (χ1) is 8.83. The monoisotopic (exact) mass is 259 g/mol. The Kier molecular flexibility index (Phi) is 3.28. The SMILES string of the molecule is Cn1cc(N[C@H]2CCCSc3ccccc32)cn1. The average molecular weight is 259 g/mol. The molecule has 2 aromatic rings. The standard InChI is InChI=1S/C14H17N3S/c1-17-10-11(9-15-17)16-13-6-4-8-18-14-7-3-2-5-12(13)14/h2-3,5,7,9-10,13,16H,4,6,8H2,1H3/t13-/m0/s1. The van der Waals surface area contributed by atoms with E-state index in [4.69, 9.17) is 0 Å². The predicted molar refractivity (Wildman–Crippen MR) is 76.0 cm³/mol. The summed E-state index contributed by atoms with van der Waals surface area (Å²) in [6, 6.07) is 9.12. The first-order valence-electron chi connectivity index (χ1n) is 6.30. The van der Waals surface area contributed by atoms with Gasteiger partial charge in [-0.15, -0.1) is 11.8 Å². The third-order valence-electron chi connectivity index (χ3n) is 3.23. The molecular formula is C14H17N3S. The molecule has 94 valence electrons. The van der Waals surface area contributed by atoms with Gasteiger partial charge in [0.2, 0.25) is 0 Å². The van der Waals surface area contributed by atoms with Crippen molar-refractivity contribution < 1.29 is 0 Å². The van der Waals surface area contributed by atoms with Gasteiger partial charge in [0.1, 0.15) is 0 Å². The first-order valence-corrected chi connectivity index (χ1v) is 7.28. The van der Waals surface area contributed by atoms with E-state index in [1.807, 2.05) is 35.9 Å². The molecule has 0 amide bonds. The quantitative estimate of drug-likeness (QED) is 0.895. The van der Waals surface area contributed by atoms with Crippen LogP contribution >= 0.6 is 11.8 Å². The molecule has 1 aliphatic heterocycles. The molecule has 2 heterocycles. The van der Waals surface area contributed by atoms with Crippen LogP contribution in [0.25, 0.3) is 0 Å². The third-order valence-corrected chi connectivity index (χ3v) is 4.41. The first kappa shape index (κ1) is 11.7. The molecule has 1 atom stereocenters. The molecule has 0 saturated heterocycles. The lowest BCUT2D eigenvalue weighted by Crippen LogP contribution is -2.10. The van der Waals surface area contributed by atoms with E-state index in [0.717, 1.165) is 5.69 Å². The molecule has 0 fully saturated rings. The highest BCUT2D eigenvalue weighted by molar-refractivity contribution is 7.99. The van der Waals surface area contributed by atoms with Crippen molar-refractivity contribution in [1.82, 2.24) is 9.78 Å². The summed E-state index contributed by atoms with van der Waals surface area (Å²) < 4.78 is 1.83. The number of fused-ring (bicyclic) bond motifs is 1. The Morgan fingerprint density at radius 2 is 2.28 bits per heavy atom. The van der Waals surface area contributed by atoms with Crippen molar-refractivity contribution in [2.75, 3.05) is 11.1 Å². The van der Waals surface area contributed by atoms with Crippen LogP contribution in [0.2, 0.25) is 0 Å². The number of thioether (sulfide) groups is 1. The van der Waals surface area contributed by atoms with Crippen LogP contribution in [-0.4, -0.2) is 15.5 Å². The lowest BCUT2D eigenvalue weighted by atomic mass is 10.0. The van der Waals surface area contributed by atoms with Gasteiger partial charge in [0.15, 0.2) is 0 Å². The fourth-order valence-corrected chi connectivity index (χ4v) is 3.45. The molecule has 3 rings (SSSR count). The van der Waals surface area contributed by atoms with Gasteiger partial charge in [-0.05, 0) is 30.2 Å². The van der Waals surface area contributed by atoms with Crippen LogP contribution in [-0.2, 0) is 7.05 Å². The maximum absolute atomic E-state index is 4.21. The predicted octanol–water partition coefficient (Wildman–Crippen LogP) is 3.46. The van der Waals surface area contributed by atoms with E-state index in [2.05, 4.69) is 34.7 Å². The second-order valence-corrected chi connectivity index (χ2v) is 5.76. The van der Waals surface area contributed by atoms with E-state index in [1.54, 1.807) is 0 Å². The maximum Gasteiger partial charge on any atom is 0.0731 e. The molecule has 1 aromatic carbocycles. The zero-order valence-electron chi connectivity index (χ0n) is 10.5. The summed E-state index contributed by atoms with van der Waals surface area (Å²) in [7, 11) is 1.95. The lowest BCUT2D eigenvalue weighted by molar-refractivity contribution is 0.680. The van der Waals surface area contributed by atoms with Gasteiger partial charge in [0.25, 0.3) is 0 Å². The zero-order valence-corrected chi connectivity index (χ0v) is 11.3. The summed E-state index contributed by atoms with van der Waals surface area (Å²) in [5.41, 5.74) is 2.52. The largest absolute Gasteiger partial charge is 0.376 e. The summed E-state index contributed by atoms with van der Waals surface area (Å²) in [6.45, 7) is 0. The average Bonchev–Trinajstić information content (AvgIpc) is 2.68. The van der Waals surface area contributed by atoms with Crippen LogP contribution in [0.5, 0.6) is 0 Å². The van der Waals surface area contributed by atoms with Crippen molar-refractivity contribution in [3.8, 4) is 0 Å². The molecule has 1 N–H and O–H groups in total. The number of hydrogen-bond acceptors (Lipinski definition) is 3. The Morgan fingerprint density at radius 3 is 3.11 bits per heavy atom. The van der Waals surface area contributed by atoms with E-state index in [-0.39, 0.29) is 0 Å². The number of benzene rings is 1. The van der Waals surface area contributed by atoms with Gasteiger partial charge >= 0.3 is 0 Å². The third kappa shape index (κ3) is 2.38. The molecule has 0 bridgehead atoms. The summed E-state index contributed by atoms with van der Waals surface area (Å²) in [6.07, 6.45) is 6.34. The molecular weight excluding hydrogens is 242 g/mol. The van der Waals surface area contributed by atoms with Gasteiger partial charge < -0.3 is 5.32 Å². The Hall–Kier alpha value is -1.42. The molecule has 0 aliphatic carbocycles. The summed E-state index contributed by atoms with van der Waals surface area (Å²) in [5, 5.41) is 7.81. The Bertz CT molecular complexity index is 535. The van der Waals surface area contributed by atoms with Gasteiger partial charge in [-0.2, -0.15) is 5.10 Å². The highest BCUT2D eigenvalue weighted by Gasteiger charge is 2.18. The molecule has 3 nitrogen and oxygen atoms in total. The highest BCUT2D eigenvalue weighted by Crippen LogP contribution is 2.36. The van der Waals surface area contributed by atoms with Gasteiger partial charge in [-0.1, -0.05) is 18.2 Å². The van der Waals surface area contributed by atoms with E-state index >= 15 is 0 Å².